The molecule has 0 bridgehead atoms. The van der Waals surface area contributed by atoms with Crippen molar-refractivity contribution < 1.29 is 19.0 Å². The van der Waals surface area contributed by atoms with Gasteiger partial charge in [-0.3, -0.25) is 14.9 Å². The molecule has 7 nitrogen and oxygen atoms in total. The number of aromatic nitrogens is 1. The van der Waals surface area contributed by atoms with Crippen LogP contribution >= 0.6 is 0 Å². The number of hydrogen-bond donors (Lipinski definition) is 3. The average Bonchev–Trinajstić information content (AvgIpc) is 2.99. The largest absolute Gasteiger partial charge is 0.338 e. The smallest absolute Gasteiger partial charge is 0.281 e. The standard InChI is InChI=1S/C21H30N4O3/c1-13-8-14(2)20(15(3)9-13)23-18(27)12-25(7)11-17(26)22-19-10-16(24-28-19)21(4,5)6/h8-10H,11-12H2,1-7H3,(H,22,26)(H,23,27)/p+1. The molecule has 0 radical (unpaired) electrons. The van der Waals surface area contributed by atoms with Crippen LogP contribution in [0.3, 0.4) is 0 Å². The normalized spacial score (nSPS) is 12.5. The monoisotopic (exact) mass is 387 g/mol. The molecule has 0 fully saturated rings. The van der Waals surface area contributed by atoms with E-state index in [-0.39, 0.29) is 30.3 Å². The number of carbonyl (C=O) groups excluding carboxylic acids is 2. The molecule has 1 atom stereocenters. The maximum absolute atomic E-state index is 12.4. The third-order valence-electron chi connectivity index (χ3n) is 4.41. The number of anilines is 2. The van der Waals surface area contributed by atoms with Gasteiger partial charge in [0.15, 0.2) is 13.1 Å². The lowest BCUT2D eigenvalue weighted by Gasteiger charge is -2.16. The molecular formula is C21H31N4O3+. The quantitative estimate of drug-likeness (QED) is 0.707. The molecule has 152 valence electrons. The fourth-order valence-corrected chi connectivity index (χ4v) is 3.04. The van der Waals surface area contributed by atoms with Crippen molar-refractivity contribution in [1.29, 1.82) is 0 Å². The van der Waals surface area contributed by atoms with Gasteiger partial charge in [-0.25, -0.2) is 0 Å². The Hall–Kier alpha value is -2.67. The van der Waals surface area contributed by atoms with Gasteiger partial charge < -0.3 is 14.7 Å². The van der Waals surface area contributed by atoms with E-state index in [0.29, 0.717) is 5.88 Å². The molecule has 1 aromatic heterocycles. The Labute approximate surface area is 166 Å². The number of nitrogens with zero attached hydrogens (tertiary/aromatic N) is 1. The van der Waals surface area contributed by atoms with Gasteiger partial charge in [0.1, 0.15) is 0 Å². The highest BCUT2D eigenvalue weighted by atomic mass is 16.5. The minimum Gasteiger partial charge on any atom is -0.338 e. The van der Waals surface area contributed by atoms with E-state index < -0.39 is 0 Å². The number of nitrogens with one attached hydrogen (secondary N) is 3. The van der Waals surface area contributed by atoms with Crippen molar-refractivity contribution in [2.45, 2.75) is 47.0 Å². The first kappa shape index (κ1) is 21.6. The maximum atomic E-state index is 12.4. The van der Waals surface area contributed by atoms with Gasteiger partial charge in [-0.05, 0) is 31.9 Å². The summed E-state index contributed by atoms with van der Waals surface area (Å²) in [5.41, 5.74) is 4.67. The van der Waals surface area contributed by atoms with Crippen LogP contribution < -0.4 is 15.5 Å². The molecule has 1 heterocycles. The first-order valence-electron chi connectivity index (χ1n) is 9.41. The lowest BCUT2D eigenvalue weighted by Crippen LogP contribution is -3.11. The minimum atomic E-state index is -0.232. The lowest BCUT2D eigenvalue weighted by molar-refractivity contribution is -0.862. The Morgan fingerprint density at radius 3 is 2.04 bits per heavy atom. The van der Waals surface area contributed by atoms with E-state index in [9.17, 15) is 9.59 Å². The first-order chi connectivity index (χ1) is 13.0. The van der Waals surface area contributed by atoms with Crippen LogP contribution in [0.1, 0.15) is 43.2 Å². The highest BCUT2D eigenvalue weighted by Crippen LogP contribution is 2.23. The number of likely N-dealkylation sites (N-methyl/N-ethyl adjacent to an activating group) is 1. The average molecular weight is 388 g/mol. The summed E-state index contributed by atoms with van der Waals surface area (Å²) in [4.78, 5) is 25.4. The molecule has 2 rings (SSSR count). The van der Waals surface area contributed by atoms with Gasteiger partial charge in [0, 0.05) is 17.2 Å². The number of amides is 2. The summed E-state index contributed by atoms with van der Waals surface area (Å²) in [7, 11) is 1.80. The molecule has 0 saturated carbocycles. The highest BCUT2D eigenvalue weighted by molar-refractivity contribution is 5.93. The molecule has 3 N–H and O–H groups in total. The SMILES string of the molecule is Cc1cc(C)c(NC(=O)C[NH+](C)CC(=O)Nc2cc(C(C)(C)C)no2)c(C)c1. The molecule has 1 unspecified atom stereocenters. The van der Waals surface area contributed by atoms with Crippen LogP contribution in [0.25, 0.3) is 0 Å². The van der Waals surface area contributed by atoms with Crippen LogP contribution in [-0.2, 0) is 15.0 Å². The highest BCUT2D eigenvalue weighted by Gasteiger charge is 2.21. The Morgan fingerprint density at radius 1 is 1.00 bits per heavy atom. The van der Waals surface area contributed by atoms with E-state index in [1.807, 2.05) is 53.7 Å². The summed E-state index contributed by atoms with van der Waals surface area (Å²) in [6, 6.07) is 5.80. The summed E-state index contributed by atoms with van der Waals surface area (Å²) in [6.07, 6.45) is 0. The summed E-state index contributed by atoms with van der Waals surface area (Å²) in [6.45, 7) is 12.4. The molecule has 28 heavy (non-hydrogen) atoms. The van der Waals surface area contributed by atoms with Crippen molar-refractivity contribution in [3.63, 3.8) is 0 Å². The Balaban J connectivity index is 1.87. The Morgan fingerprint density at radius 2 is 1.54 bits per heavy atom. The Kier molecular flexibility index (Phi) is 6.61. The van der Waals surface area contributed by atoms with E-state index in [4.69, 9.17) is 4.52 Å². The van der Waals surface area contributed by atoms with Gasteiger partial charge in [0.05, 0.1) is 12.7 Å². The fraction of sp³-hybridized carbons (Fsp3) is 0.476. The number of carbonyl (C=O) groups is 2. The van der Waals surface area contributed by atoms with Crippen molar-refractivity contribution in [3.05, 3.63) is 40.6 Å². The number of hydrogen-bond acceptors (Lipinski definition) is 4. The maximum Gasteiger partial charge on any atom is 0.281 e. The summed E-state index contributed by atoms with van der Waals surface area (Å²) < 4.78 is 5.17. The van der Waals surface area contributed by atoms with E-state index in [2.05, 4.69) is 15.8 Å². The van der Waals surface area contributed by atoms with Gasteiger partial charge in [-0.1, -0.05) is 43.6 Å². The molecule has 2 amide bonds. The second-order valence-electron chi connectivity index (χ2n) is 8.51. The van der Waals surface area contributed by atoms with Gasteiger partial charge >= 0.3 is 0 Å². The van der Waals surface area contributed by atoms with Crippen molar-refractivity contribution in [1.82, 2.24) is 5.16 Å². The second-order valence-corrected chi connectivity index (χ2v) is 8.51. The summed E-state index contributed by atoms with van der Waals surface area (Å²) in [5.74, 6) is -0.0438. The van der Waals surface area contributed by atoms with Crippen LogP contribution in [0.15, 0.2) is 22.7 Å². The summed E-state index contributed by atoms with van der Waals surface area (Å²) >= 11 is 0. The second kappa shape index (κ2) is 8.56. The zero-order chi connectivity index (χ0) is 21.1. The predicted molar refractivity (Wildman–Crippen MR) is 110 cm³/mol. The van der Waals surface area contributed by atoms with E-state index >= 15 is 0 Å². The third kappa shape index (κ3) is 5.92. The molecule has 0 aliphatic rings. The molecular weight excluding hydrogens is 356 g/mol. The van der Waals surface area contributed by atoms with Gasteiger partial charge in [-0.2, -0.15) is 0 Å². The zero-order valence-corrected chi connectivity index (χ0v) is 17.8. The van der Waals surface area contributed by atoms with Crippen LogP contribution in [-0.4, -0.2) is 37.1 Å². The molecule has 0 aliphatic carbocycles. The van der Waals surface area contributed by atoms with Crippen molar-refractivity contribution >= 4 is 23.4 Å². The number of benzene rings is 1. The number of aryl methyl sites for hydroxylation is 3. The van der Waals surface area contributed by atoms with E-state index in [1.54, 1.807) is 13.1 Å². The molecule has 1 aromatic carbocycles. The molecule has 0 saturated heterocycles. The minimum absolute atomic E-state index is 0.130. The first-order valence-corrected chi connectivity index (χ1v) is 9.41. The number of quaternary nitrogens is 1. The fourth-order valence-electron chi connectivity index (χ4n) is 3.04. The van der Waals surface area contributed by atoms with Crippen molar-refractivity contribution in [3.8, 4) is 0 Å². The third-order valence-corrected chi connectivity index (χ3v) is 4.41. The van der Waals surface area contributed by atoms with Crippen LogP contribution in [0, 0.1) is 20.8 Å². The summed E-state index contributed by atoms with van der Waals surface area (Å²) in [5, 5.41) is 9.63. The van der Waals surface area contributed by atoms with Gasteiger partial charge in [0.25, 0.3) is 11.8 Å². The van der Waals surface area contributed by atoms with E-state index in [0.717, 1.165) is 33.0 Å². The Bertz CT molecular complexity index is 842. The van der Waals surface area contributed by atoms with Crippen molar-refractivity contribution in [2.24, 2.45) is 0 Å². The zero-order valence-electron chi connectivity index (χ0n) is 17.8. The molecule has 0 aliphatic heterocycles. The topological polar surface area (TPSA) is 88.7 Å². The van der Waals surface area contributed by atoms with E-state index in [1.165, 1.54) is 0 Å². The van der Waals surface area contributed by atoms with Crippen LogP contribution in [0.4, 0.5) is 11.6 Å². The molecule has 2 aromatic rings. The van der Waals surface area contributed by atoms with Crippen LogP contribution in [0.5, 0.6) is 0 Å². The molecule has 0 spiro atoms. The van der Waals surface area contributed by atoms with Crippen molar-refractivity contribution in [2.75, 3.05) is 30.8 Å². The number of rotatable bonds is 6. The lowest BCUT2D eigenvalue weighted by atomic mass is 9.92. The van der Waals surface area contributed by atoms with Gasteiger partial charge in [0.2, 0.25) is 5.88 Å². The predicted octanol–water partition coefficient (Wildman–Crippen LogP) is 1.99. The van der Waals surface area contributed by atoms with Crippen LogP contribution in [0.2, 0.25) is 0 Å². The van der Waals surface area contributed by atoms with Gasteiger partial charge in [-0.15, -0.1) is 0 Å². The molecule has 7 heteroatoms.